The van der Waals surface area contributed by atoms with Gasteiger partial charge in [0.05, 0.1) is 18.4 Å². The molecule has 1 aromatic carbocycles. The van der Waals surface area contributed by atoms with Gasteiger partial charge >= 0.3 is 5.97 Å². The maximum atomic E-state index is 11.7. The highest BCUT2D eigenvalue weighted by Gasteiger charge is 2.12. The van der Waals surface area contributed by atoms with Crippen LogP contribution in [0.4, 0.5) is 5.69 Å². The minimum atomic E-state index is -0.449. The van der Waals surface area contributed by atoms with Crippen LogP contribution in [0.5, 0.6) is 0 Å². The molecule has 0 unspecified atom stereocenters. The molecule has 5 heteroatoms. The zero-order valence-electron chi connectivity index (χ0n) is 10.6. The van der Waals surface area contributed by atoms with Gasteiger partial charge in [-0.05, 0) is 30.6 Å². The molecule has 0 bridgehead atoms. The van der Waals surface area contributed by atoms with E-state index in [2.05, 4.69) is 10.1 Å². The Kier molecular flexibility index (Phi) is 6.28. The third kappa shape index (κ3) is 4.41. The number of nitrogens with one attached hydrogen (secondary N) is 1. The van der Waals surface area contributed by atoms with Gasteiger partial charge in [0.2, 0.25) is 5.91 Å². The average Bonchev–Trinajstić information content (AvgIpc) is 2.39. The molecule has 1 amide bonds. The van der Waals surface area contributed by atoms with Crippen molar-refractivity contribution in [2.75, 3.05) is 24.4 Å². The molecular formula is C13H17NO3S. The molecule has 0 atom stereocenters. The van der Waals surface area contributed by atoms with E-state index in [1.165, 1.54) is 7.11 Å². The maximum Gasteiger partial charge on any atom is 0.339 e. The Morgan fingerprint density at radius 3 is 2.72 bits per heavy atom. The fourth-order valence-corrected chi connectivity index (χ4v) is 1.90. The molecule has 0 heterocycles. The molecule has 1 rings (SSSR count). The number of thioether (sulfide) groups is 1. The van der Waals surface area contributed by atoms with Gasteiger partial charge in [-0.3, -0.25) is 4.79 Å². The normalized spacial score (nSPS) is 9.89. The Balaban J connectivity index is 2.66. The Bertz CT molecular complexity index is 420. The molecular weight excluding hydrogens is 250 g/mol. The van der Waals surface area contributed by atoms with Crippen molar-refractivity contribution in [3.63, 3.8) is 0 Å². The van der Waals surface area contributed by atoms with E-state index in [0.29, 0.717) is 17.7 Å². The van der Waals surface area contributed by atoms with E-state index in [4.69, 9.17) is 0 Å². The quantitative estimate of drug-likeness (QED) is 0.635. The summed E-state index contributed by atoms with van der Waals surface area (Å²) in [5, 5.41) is 2.74. The maximum absolute atomic E-state index is 11.7. The summed E-state index contributed by atoms with van der Waals surface area (Å²) in [7, 11) is 1.32. The summed E-state index contributed by atoms with van der Waals surface area (Å²) in [6.07, 6.45) is 3.29. The molecule has 0 fully saturated rings. The van der Waals surface area contributed by atoms with Crippen molar-refractivity contribution in [1.82, 2.24) is 0 Å². The number of ether oxygens (including phenoxy) is 1. The molecule has 0 aliphatic carbocycles. The first-order valence-corrected chi connectivity index (χ1v) is 7.04. The second-order valence-corrected chi connectivity index (χ2v) is 4.67. The lowest BCUT2D eigenvalue weighted by Crippen LogP contribution is -2.15. The van der Waals surface area contributed by atoms with Crippen molar-refractivity contribution in [3.05, 3.63) is 29.8 Å². The van der Waals surface area contributed by atoms with Crippen molar-refractivity contribution in [1.29, 1.82) is 0 Å². The summed E-state index contributed by atoms with van der Waals surface area (Å²) in [4.78, 5) is 23.2. The van der Waals surface area contributed by atoms with E-state index >= 15 is 0 Å². The van der Waals surface area contributed by atoms with Gasteiger partial charge in [-0.25, -0.2) is 4.79 Å². The first-order valence-electron chi connectivity index (χ1n) is 5.65. The number of amides is 1. The summed E-state index contributed by atoms with van der Waals surface area (Å²) in [6, 6.07) is 6.82. The number of para-hydroxylation sites is 1. The second kappa shape index (κ2) is 7.76. The SMILES string of the molecule is COC(=O)c1ccccc1NC(=O)CCCSC. The van der Waals surface area contributed by atoms with Crippen LogP contribution in [0.25, 0.3) is 0 Å². The molecule has 1 aromatic rings. The third-order valence-corrected chi connectivity index (χ3v) is 3.06. The van der Waals surface area contributed by atoms with Crippen LogP contribution in [-0.4, -0.2) is 31.0 Å². The van der Waals surface area contributed by atoms with Crippen LogP contribution in [0.15, 0.2) is 24.3 Å². The van der Waals surface area contributed by atoms with Crippen molar-refractivity contribution < 1.29 is 14.3 Å². The monoisotopic (exact) mass is 267 g/mol. The summed E-state index contributed by atoms with van der Waals surface area (Å²) in [6.45, 7) is 0. The van der Waals surface area contributed by atoms with Crippen LogP contribution in [0, 0.1) is 0 Å². The molecule has 0 aliphatic heterocycles. The number of anilines is 1. The lowest BCUT2D eigenvalue weighted by Gasteiger charge is -2.09. The summed E-state index contributed by atoms with van der Waals surface area (Å²) >= 11 is 1.71. The van der Waals surface area contributed by atoms with Crippen LogP contribution >= 0.6 is 11.8 Å². The van der Waals surface area contributed by atoms with Gasteiger partial charge in [0.15, 0.2) is 0 Å². The Hall–Kier alpha value is -1.49. The molecule has 98 valence electrons. The predicted octanol–water partition coefficient (Wildman–Crippen LogP) is 2.55. The fraction of sp³-hybridized carbons (Fsp3) is 0.385. The minimum absolute atomic E-state index is 0.0830. The summed E-state index contributed by atoms with van der Waals surface area (Å²) < 4.78 is 4.66. The largest absolute Gasteiger partial charge is 0.465 e. The molecule has 0 saturated heterocycles. The van der Waals surface area contributed by atoms with Gasteiger partial charge in [-0.1, -0.05) is 12.1 Å². The molecule has 0 radical (unpaired) electrons. The Morgan fingerprint density at radius 2 is 2.06 bits per heavy atom. The molecule has 1 N–H and O–H groups in total. The van der Waals surface area contributed by atoms with Crippen molar-refractivity contribution in [2.24, 2.45) is 0 Å². The highest BCUT2D eigenvalue weighted by Crippen LogP contribution is 2.16. The zero-order chi connectivity index (χ0) is 13.4. The van der Waals surface area contributed by atoms with Gasteiger partial charge in [0.1, 0.15) is 0 Å². The van der Waals surface area contributed by atoms with Crippen molar-refractivity contribution >= 4 is 29.3 Å². The predicted molar refractivity (Wildman–Crippen MR) is 74.0 cm³/mol. The van der Waals surface area contributed by atoms with Crippen LogP contribution in [0.2, 0.25) is 0 Å². The number of hydrogen-bond acceptors (Lipinski definition) is 4. The smallest absolute Gasteiger partial charge is 0.339 e. The van der Waals surface area contributed by atoms with Crippen LogP contribution in [0.1, 0.15) is 23.2 Å². The summed E-state index contributed by atoms with van der Waals surface area (Å²) in [5.41, 5.74) is 0.872. The number of carbonyl (C=O) groups is 2. The van der Waals surface area contributed by atoms with Crippen molar-refractivity contribution in [3.8, 4) is 0 Å². The Morgan fingerprint density at radius 1 is 1.33 bits per heavy atom. The standard InChI is InChI=1S/C13H17NO3S/c1-17-13(16)10-6-3-4-7-11(10)14-12(15)8-5-9-18-2/h3-4,6-7H,5,8-9H2,1-2H3,(H,14,15). The van der Waals surface area contributed by atoms with Gasteiger partial charge < -0.3 is 10.1 Å². The van der Waals surface area contributed by atoms with Gasteiger partial charge in [0, 0.05) is 6.42 Å². The van der Waals surface area contributed by atoms with E-state index in [1.807, 2.05) is 6.26 Å². The number of carbonyl (C=O) groups excluding carboxylic acids is 2. The van der Waals surface area contributed by atoms with Gasteiger partial charge in [0.25, 0.3) is 0 Å². The topological polar surface area (TPSA) is 55.4 Å². The number of rotatable bonds is 6. The van der Waals surface area contributed by atoms with E-state index in [9.17, 15) is 9.59 Å². The van der Waals surface area contributed by atoms with E-state index in [-0.39, 0.29) is 5.91 Å². The number of methoxy groups -OCH3 is 1. The number of hydrogen-bond donors (Lipinski definition) is 1. The van der Waals surface area contributed by atoms with E-state index in [1.54, 1.807) is 36.0 Å². The number of benzene rings is 1. The number of esters is 1. The molecule has 18 heavy (non-hydrogen) atoms. The lowest BCUT2D eigenvalue weighted by atomic mass is 10.1. The average molecular weight is 267 g/mol. The van der Waals surface area contributed by atoms with Crippen molar-refractivity contribution in [2.45, 2.75) is 12.8 Å². The van der Waals surface area contributed by atoms with E-state index in [0.717, 1.165) is 12.2 Å². The molecule has 0 spiro atoms. The van der Waals surface area contributed by atoms with E-state index < -0.39 is 5.97 Å². The second-order valence-electron chi connectivity index (χ2n) is 3.68. The van der Waals surface area contributed by atoms with Crippen LogP contribution in [-0.2, 0) is 9.53 Å². The molecule has 0 saturated carbocycles. The fourth-order valence-electron chi connectivity index (χ4n) is 1.47. The zero-order valence-corrected chi connectivity index (χ0v) is 11.4. The first-order chi connectivity index (χ1) is 8.69. The van der Waals surface area contributed by atoms with Crippen LogP contribution < -0.4 is 5.32 Å². The van der Waals surface area contributed by atoms with Crippen LogP contribution in [0.3, 0.4) is 0 Å². The third-order valence-electron chi connectivity index (χ3n) is 2.36. The first kappa shape index (κ1) is 14.6. The van der Waals surface area contributed by atoms with Gasteiger partial charge in [-0.2, -0.15) is 11.8 Å². The minimum Gasteiger partial charge on any atom is -0.465 e. The highest BCUT2D eigenvalue weighted by molar-refractivity contribution is 7.98. The molecule has 4 nitrogen and oxygen atoms in total. The Labute approximate surface area is 111 Å². The molecule has 0 aromatic heterocycles. The molecule has 0 aliphatic rings. The lowest BCUT2D eigenvalue weighted by molar-refractivity contribution is -0.116. The highest BCUT2D eigenvalue weighted by atomic mass is 32.2. The summed E-state index contributed by atoms with van der Waals surface area (Å²) in [5.74, 6) is 0.418. The van der Waals surface area contributed by atoms with Gasteiger partial charge in [-0.15, -0.1) is 0 Å².